The van der Waals surface area contributed by atoms with Gasteiger partial charge in [0.15, 0.2) is 0 Å². The van der Waals surface area contributed by atoms with Crippen LogP contribution in [0.2, 0.25) is 0 Å². The van der Waals surface area contributed by atoms with E-state index in [4.69, 9.17) is 0 Å². The van der Waals surface area contributed by atoms with Gasteiger partial charge in [-0.2, -0.15) is 0 Å². The quantitative estimate of drug-likeness (QED) is 0.478. The minimum absolute atomic E-state index is 1.00. The van der Waals surface area contributed by atoms with Gasteiger partial charge in [0.1, 0.15) is 12.7 Å². The maximum Gasteiger partial charge on any atom is 0.115 e. The van der Waals surface area contributed by atoms with Gasteiger partial charge in [0, 0.05) is 27.2 Å². The van der Waals surface area contributed by atoms with E-state index in [2.05, 4.69) is 78.5 Å². The zero-order valence-electron chi connectivity index (χ0n) is 11.5. The van der Waals surface area contributed by atoms with Crippen LogP contribution in [0.25, 0.3) is 27.8 Å². The second-order valence-corrected chi connectivity index (χ2v) is 6.17. The molecule has 2 heterocycles. The molecule has 0 saturated carbocycles. The molecule has 0 radical (unpaired) electrons. The highest BCUT2D eigenvalue weighted by Gasteiger charge is 2.06. The Balaban J connectivity index is 1.85. The van der Waals surface area contributed by atoms with Crippen LogP contribution in [0.15, 0.2) is 67.5 Å². The van der Waals surface area contributed by atoms with Gasteiger partial charge in [-0.25, -0.2) is 15.0 Å². The highest BCUT2D eigenvalue weighted by molar-refractivity contribution is 14.1. The standard InChI is InChI=1S/C17H11IN4/c18-14-4-5-17-16(7-14)21-11-22(17)15-3-1-2-12(6-15)13-8-19-10-20-9-13/h1-11H. The molecule has 2 aromatic heterocycles. The molecule has 0 aliphatic carbocycles. The number of aromatic nitrogens is 4. The lowest BCUT2D eigenvalue weighted by molar-refractivity contribution is 1.09. The predicted molar refractivity (Wildman–Crippen MR) is 94.8 cm³/mol. The first-order chi connectivity index (χ1) is 10.8. The Morgan fingerprint density at radius 3 is 2.64 bits per heavy atom. The number of halogens is 1. The third kappa shape index (κ3) is 2.37. The average molecular weight is 398 g/mol. The van der Waals surface area contributed by atoms with Crippen LogP contribution in [-0.4, -0.2) is 19.5 Å². The Bertz CT molecular complexity index is 947. The zero-order chi connectivity index (χ0) is 14.9. The van der Waals surface area contributed by atoms with Crippen molar-refractivity contribution in [2.75, 3.05) is 0 Å². The van der Waals surface area contributed by atoms with Crippen LogP contribution in [0.3, 0.4) is 0 Å². The molecule has 0 aliphatic rings. The van der Waals surface area contributed by atoms with E-state index in [0.29, 0.717) is 0 Å². The first-order valence-corrected chi connectivity index (χ1v) is 7.87. The van der Waals surface area contributed by atoms with Crippen LogP contribution in [0.4, 0.5) is 0 Å². The van der Waals surface area contributed by atoms with E-state index < -0.39 is 0 Å². The molecule has 0 aliphatic heterocycles. The summed E-state index contributed by atoms with van der Waals surface area (Å²) in [6.07, 6.45) is 7.04. The SMILES string of the molecule is Ic1ccc2c(c1)ncn2-c1cccc(-c2cncnc2)c1. The van der Waals surface area contributed by atoms with Crippen molar-refractivity contribution in [1.82, 2.24) is 19.5 Å². The van der Waals surface area contributed by atoms with E-state index in [1.54, 1.807) is 6.33 Å². The third-order valence-electron chi connectivity index (χ3n) is 3.53. The lowest BCUT2D eigenvalue weighted by Gasteiger charge is -2.07. The zero-order valence-corrected chi connectivity index (χ0v) is 13.7. The van der Waals surface area contributed by atoms with E-state index >= 15 is 0 Å². The van der Waals surface area contributed by atoms with Gasteiger partial charge in [0.25, 0.3) is 0 Å². The Hall–Kier alpha value is -2.28. The van der Waals surface area contributed by atoms with Gasteiger partial charge in [-0.3, -0.25) is 4.57 Å². The molecule has 2 aromatic carbocycles. The summed E-state index contributed by atoms with van der Waals surface area (Å²) in [5.41, 5.74) is 5.26. The first-order valence-electron chi connectivity index (χ1n) is 6.80. The van der Waals surface area contributed by atoms with Crippen LogP contribution in [0.5, 0.6) is 0 Å². The lowest BCUT2D eigenvalue weighted by atomic mass is 10.1. The summed E-state index contributed by atoms with van der Waals surface area (Å²) in [6.45, 7) is 0. The molecule has 0 spiro atoms. The van der Waals surface area contributed by atoms with Crippen molar-refractivity contribution in [2.24, 2.45) is 0 Å². The van der Waals surface area contributed by atoms with Crippen molar-refractivity contribution in [2.45, 2.75) is 0 Å². The van der Waals surface area contributed by atoms with Gasteiger partial charge in [-0.15, -0.1) is 0 Å². The van der Waals surface area contributed by atoms with Gasteiger partial charge in [0.2, 0.25) is 0 Å². The number of fused-ring (bicyclic) bond motifs is 1. The van der Waals surface area contributed by atoms with E-state index in [1.807, 2.05) is 24.8 Å². The molecule has 0 fully saturated rings. The molecule has 4 rings (SSSR count). The molecule has 0 N–H and O–H groups in total. The first kappa shape index (κ1) is 13.4. The van der Waals surface area contributed by atoms with E-state index in [0.717, 1.165) is 27.8 Å². The van der Waals surface area contributed by atoms with Gasteiger partial charge < -0.3 is 0 Å². The smallest absolute Gasteiger partial charge is 0.115 e. The number of rotatable bonds is 2. The molecule has 4 aromatic rings. The lowest BCUT2D eigenvalue weighted by Crippen LogP contribution is -1.92. The van der Waals surface area contributed by atoms with E-state index in [-0.39, 0.29) is 0 Å². The van der Waals surface area contributed by atoms with Gasteiger partial charge in [-0.1, -0.05) is 12.1 Å². The molecule has 0 unspecified atom stereocenters. The van der Waals surface area contributed by atoms with Gasteiger partial charge in [-0.05, 0) is 58.5 Å². The molecular formula is C17H11IN4. The van der Waals surface area contributed by atoms with E-state index in [9.17, 15) is 0 Å². The van der Waals surface area contributed by atoms with Crippen LogP contribution in [0.1, 0.15) is 0 Å². The maximum absolute atomic E-state index is 4.49. The minimum atomic E-state index is 1.00. The predicted octanol–water partition coefficient (Wildman–Crippen LogP) is 4.09. The van der Waals surface area contributed by atoms with Crippen LogP contribution in [0, 0.1) is 3.57 Å². The second kappa shape index (κ2) is 5.49. The molecule has 4 nitrogen and oxygen atoms in total. The fraction of sp³-hybridized carbons (Fsp3) is 0. The normalized spacial score (nSPS) is 11.0. The number of hydrogen-bond donors (Lipinski definition) is 0. The van der Waals surface area contributed by atoms with Crippen LogP contribution >= 0.6 is 22.6 Å². The van der Waals surface area contributed by atoms with Gasteiger partial charge >= 0.3 is 0 Å². The Morgan fingerprint density at radius 1 is 0.909 bits per heavy atom. The summed E-state index contributed by atoms with van der Waals surface area (Å²) < 4.78 is 3.28. The summed E-state index contributed by atoms with van der Waals surface area (Å²) in [5, 5.41) is 0. The number of hydrogen-bond acceptors (Lipinski definition) is 3. The van der Waals surface area contributed by atoms with E-state index in [1.165, 1.54) is 3.57 Å². The van der Waals surface area contributed by atoms with Crippen molar-refractivity contribution in [3.63, 3.8) is 0 Å². The Labute approximate surface area is 141 Å². The van der Waals surface area contributed by atoms with Crippen molar-refractivity contribution in [1.29, 1.82) is 0 Å². The average Bonchev–Trinajstić information content (AvgIpc) is 2.99. The molecular weight excluding hydrogens is 387 g/mol. The maximum atomic E-state index is 4.49. The summed E-state index contributed by atoms with van der Waals surface area (Å²) >= 11 is 2.30. The second-order valence-electron chi connectivity index (χ2n) is 4.93. The Morgan fingerprint density at radius 2 is 1.77 bits per heavy atom. The third-order valence-corrected chi connectivity index (χ3v) is 4.20. The molecule has 106 valence electrons. The fourth-order valence-electron chi connectivity index (χ4n) is 2.48. The molecule has 22 heavy (non-hydrogen) atoms. The molecule has 0 amide bonds. The number of nitrogens with zero attached hydrogens (tertiary/aromatic N) is 4. The van der Waals surface area contributed by atoms with Gasteiger partial charge in [0.05, 0.1) is 11.0 Å². The largest absolute Gasteiger partial charge is 0.299 e. The van der Waals surface area contributed by atoms with Crippen LogP contribution in [-0.2, 0) is 0 Å². The summed E-state index contributed by atoms with van der Waals surface area (Å²) in [4.78, 5) is 12.7. The number of imidazole rings is 1. The monoisotopic (exact) mass is 398 g/mol. The summed E-state index contributed by atoms with van der Waals surface area (Å²) in [5.74, 6) is 0. The van der Waals surface area contributed by atoms with Crippen molar-refractivity contribution < 1.29 is 0 Å². The summed E-state index contributed by atoms with van der Waals surface area (Å²) in [6, 6.07) is 14.6. The fourth-order valence-corrected chi connectivity index (χ4v) is 2.95. The highest BCUT2D eigenvalue weighted by atomic mass is 127. The molecule has 5 heteroatoms. The van der Waals surface area contributed by atoms with Crippen molar-refractivity contribution in [3.8, 4) is 16.8 Å². The van der Waals surface area contributed by atoms with Crippen molar-refractivity contribution in [3.05, 3.63) is 71.1 Å². The topological polar surface area (TPSA) is 43.6 Å². The highest BCUT2D eigenvalue weighted by Crippen LogP contribution is 2.24. The Kier molecular flexibility index (Phi) is 3.34. The molecule has 0 saturated heterocycles. The minimum Gasteiger partial charge on any atom is -0.299 e. The van der Waals surface area contributed by atoms with Crippen molar-refractivity contribution >= 4 is 33.6 Å². The van der Waals surface area contributed by atoms with Crippen LogP contribution < -0.4 is 0 Å². The summed E-state index contributed by atoms with van der Waals surface area (Å²) in [7, 11) is 0. The number of benzene rings is 2. The molecule has 0 bridgehead atoms. The molecule has 0 atom stereocenters.